The maximum Gasteiger partial charge on any atom is 0.224 e. The molecule has 1 amide bonds. The van der Waals surface area contributed by atoms with Crippen LogP contribution in [-0.4, -0.2) is 49.0 Å². The molecule has 0 bridgehead atoms. The number of aromatic nitrogens is 1. The zero-order chi connectivity index (χ0) is 21.8. The van der Waals surface area contributed by atoms with Crippen LogP contribution in [0.4, 0.5) is 11.4 Å². The molecule has 0 atom stereocenters. The van der Waals surface area contributed by atoms with Gasteiger partial charge in [-0.1, -0.05) is 23.2 Å². The van der Waals surface area contributed by atoms with E-state index >= 15 is 0 Å². The van der Waals surface area contributed by atoms with Gasteiger partial charge >= 0.3 is 0 Å². The SMILES string of the molecule is CN1CCN(c2ccc(Cl)cc2NC(=O)CCc2ncc(-c3ccc(Cl)cc3)o2)CC1. The summed E-state index contributed by atoms with van der Waals surface area (Å²) < 4.78 is 5.79. The molecule has 1 saturated heterocycles. The second-order valence-corrected chi connectivity index (χ2v) is 8.50. The third-order valence-electron chi connectivity index (χ3n) is 5.32. The molecule has 1 N–H and O–H groups in total. The number of halogens is 2. The predicted octanol–water partition coefficient (Wildman–Crippen LogP) is 4.97. The number of anilines is 2. The molecular formula is C23H24Cl2N4O2. The van der Waals surface area contributed by atoms with Gasteiger partial charge in [-0.3, -0.25) is 4.79 Å². The summed E-state index contributed by atoms with van der Waals surface area (Å²) in [4.78, 5) is 21.5. The van der Waals surface area contributed by atoms with E-state index in [4.69, 9.17) is 27.6 Å². The number of nitrogens with one attached hydrogen (secondary N) is 1. The first-order valence-corrected chi connectivity index (χ1v) is 11.0. The van der Waals surface area contributed by atoms with E-state index in [1.807, 2.05) is 24.3 Å². The monoisotopic (exact) mass is 458 g/mol. The van der Waals surface area contributed by atoms with Crippen molar-refractivity contribution in [3.63, 3.8) is 0 Å². The largest absolute Gasteiger partial charge is 0.441 e. The fourth-order valence-electron chi connectivity index (χ4n) is 3.54. The van der Waals surface area contributed by atoms with Crippen LogP contribution in [0.5, 0.6) is 0 Å². The van der Waals surface area contributed by atoms with E-state index in [0.29, 0.717) is 28.1 Å². The van der Waals surface area contributed by atoms with E-state index in [0.717, 1.165) is 43.1 Å². The Kier molecular flexibility index (Phi) is 6.80. The van der Waals surface area contributed by atoms with E-state index in [1.165, 1.54) is 0 Å². The first-order valence-electron chi connectivity index (χ1n) is 10.2. The first kappa shape index (κ1) is 21.7. The van der Waals surface area contributed by atoms with Gasteiger partial charge in [0.25, 0.3) is 0 Å². The smallest absolute Gasteiger partial charge is 0.224 e. The molecule has 0 unspecified atom stereocenters. The van der Waals surface area contributed by atoms with Crippen LogP contribution in [-0.2, 0) is 11.2 Å². The highest BCUT2D eigenvalue weighted by Gasteiger charge is 2.18. The summed E-state index contributed by atoms with van der Waals surface area (Å²) in [5, 5.41) is 4.27. The number of hydrogen-bond donors (Lipinski definition) is 1. The van der Waals surface area contributed by atoms with Crippen molar-refractivity contribution in [2.75, 3.05) is 43.4 Å². The van der Waals surface area contributed by atoms with Crippen molar-refractivity contribution >= 4 is 40.5 Å². The van der Waals surface area contributed by atoms with E-state index in [9.17, 15) is 4.79 Å². The lowest BCUT2D eigenvalue weighted by atomic mass is 10.2. The molecule has 1 fully saturated rings. The Hall–Kier alpha value is -2.54. The lowest BCUT2D eigenvalue weighted by molar-refractivity contribution is -0.116. The second-order valence-electron chi connectivity index (χ2n) is 7.63. The van der Waals surface area contributed by atoms with E-state index in [-0.39, 0.29) is 12.3 Å². The number of amides is 1. The van der Waals surface area contributed by atoms with Crippen molar-refractivity contribution in [1.29, 1.82) is 0 Å². The van der Waals surface area contributed by atoms with Gasteiger partial charge < -0.3 is 19.5 Å². The summed E-state index contributed by atoms with van der Waals surface area (Å²) in [6, 6.07) is 13.0. The van der Waals surface area contributed by atoms with Crippen LogP contribution in [0.25, 0.3) is 11.3 Å². The molecule has 4 rings (SSSR count). The number of carbonyl (C=O) groups excluding carboxylic acids is 1. The maximum absolute atomic E-state index is 12.6. The predicted molar refractivity (Wildman–Crippen MR) is 125 cm³/mol. The summed E-state index contributed by atoms with van der Waals surface area (Å²) in [7, 11) is 2.11. The van der Waals surface area contributed by atoms with Crippen molar-refractivity contribution < 1.29 is 9.21 Å². The normalized spacial score (nSPS) is 14.6. The van der Waals surface area contributed by atoms with Crippen molar-refractivity contribution in [3.05, 3.63) is 64.6 Å². The van der Waals surface area contributed by atoms with Crippen LogP contribution >= 0.6 is 23.2 Å². The standard InChI is InChI=1S/C23H24Cl2N4O2/c1-28-10-12-29(13-11-28)20-7-6-18(25)14-19(20)27-22(30)8-9-23-26-15-21(31-23)16-2-4-17(24)5-3-16/h2-7,14-15H,8-13H2,1H3,(H,27,30). The summed E-state index contributed by atoms with van der Waals surface area (Å²) in [6.07, 6.45) is 2.33. The van der Waals surface area contributed by atoms with Crippen LogP contribution in [0, 0.1) is 0 Å². The number of rotatable bonds is 6. The van der Waals surface area contributed by atoms with Gasteiger partial charge in [0.1, 0.15) is 0 Å². The Balaban J connectivity index is 1.38. The van der Waals surface area contributed by atoms with E-state index in [2.05, 4.69) is 27.1 Å². The van der Waals surface area contributed by atoms with Crippen LogP contribution in [0.2, 0.25) is 10.0 Å². The summed E-state index contributed by atoms with van der Waals surface area (Å²) >= 11 is 12.1. The third kappa shape index (κ3) is 5.58. The Labute approximate surface area is 191 Å². The molecule has 1 aromatic heterocycles. The number of hydrogen-bond acceptors (Lipinski definition) is 5. The zero-order valence-corrected chi connectivity index (χ0v) is 18.8. The van der Waals surface area contributed by atoms with E-state index in [1.54, 1.807) is 24.4 Å². The number of benzene rings is 2. The molecule has 0 radical (unpaired) electrons. The number of likely N-dealkylation sites (N-methyl/N-ethyl adjacent to an activating group) is 1. The molecule has 0 aliphatic carbocycles. The fraction of sp³-hybridized carbons (Fsp3) is 0.304. The molecule has 3 aromatic rings. The van der Waals surface area contributed by atoms with Gasteiger partial charge in [-0.2, -0.15) is 0 Å². The highest BCUT2D eigenvalue weighted by Crippen LogP contribution is 2.30. The second kappa shape index (κ2) is 9.73. The highest BCUT2D eigenvalue weighted by atomic mass is 35.5. The van der Waals surface area contributed by atoms with Gasteiger partial charge in [0.2, 0.25) is 5.91 Å². The van der Waals surface area contributed by atoms with Gasteiger partial charge in [0, 0.05) is 54.6 Å². The molecule has 1 aliphatic heterocycles. The van der Waals surface area contributed by atoms with Crippen molar-refractivity contribution in [2.45, 2.75) is 12.8 Å². The third-order valence-corrected chi connectivity index (χ3v) is 5.81. The minimum atomic E-state index is -0.108. The van der Waals surface area contributed by atoms with Gasteiger partial charge in [-0.05, 0) is 49.5 Å². The molecule has 2 heterocycles. The minimum Gasteiger partial charge on any atom is -0.441 e. The fourth-order valence-corrected chi connectivity index (χ4v) is 3.84. The maximum atomic E-state index is 12.6. The van der Waals surface area contributed by atoms with Crippen molar-refractivity contribution in [1.82, 2.24) is 9.88 Å². The summed E-state index contributed by atoms with van der Waals surface area (Å²) in [5.41, 5.74) is 2.62. The molecule has 0 spiro atoms. The number of carbonyl (C=O) groups is 1. The number of oxazole rings is 1. The number of piperazine rings is 1. The molecule has 31 heavy (non-hydrogen) atoms. The molecule has 2 aromatic carbocycles. The van der Waals surface area contributed by atoms with Gasteiger partial charge in [-0.25, -0.2) is 4.98 Å². The van der Waals surface area contributed by atoms with Crippen molar-refractivity contribution in [2.24, 2.45) is 0 Å². The quantitative estimate of drug-likeness (QED) is 0.564. The van der Waals surface area contributed by atoms with Crippen LogP contribution in [0.3, 0.4) is 0 Å². The summed E-state index contributed by atoms with van der Waals surface area (Å²) in [5.74, 6) is 1.06. The Bertz CT molecular complexity index is 1040. The average molecular weight is 459 g/mol. The molecule has 6 nitrogen and oxygen atoms in total. The lowest BCUT2D eigenvalue weighted by Crippen LogP contribution is -2.44. The topological polar surface area (TPSA) is 61.6 Å². The van der Waals surface area contributed by atoms with Crippen LogP contribution in [0.15, 0.2) is 53.1 Å². The Morgan fingerprint density at radius 1 is 1.06 bits per heavy atom. The zero-order valence-electron chi connectivity index (χ0n) is 17.3. The summed E-state index contributed by atoms with van der Waals surface area (Å²) in [6.45, 7) is 3.78. The Morgan fingerprint density at radius 2 is 1.77 bits per heavy atom. The number of aryl methyl sites for hydroxylation is 1. The van der Waals surface area contributed by atoms with Crippen LogP contribution < -0.4 is 10.2 Å². The highest BCUT2D eigenvalue weighted by molar-refractivity contribution is 6.31. The molecular weight excluding hydrogens is 435 g/mol. The number of nitrogens with zero attached hydrogens (tertiary/aromatic N) is 3. The molecule has 8 heteroatoms. The van der Waals surface area contributed by atoms with Gasteiger partial charge in [0.05, 0.1) is 17.6 Å². The average Bonchev–Trinajstić information content (AvgIpc) is 3.23. The van der Waals surface area contributed by atoms with E-state index < -0.39 is 0 Å². The van der Waals surface area contributed by atoms with Gasteiger partial charge in [-0.15, -0.1) is 0 Å². The van der Waals surface area contributed by atoms with Crippen molar-refractivity contribution in [3.8, 4) is 11.3 Å². The molecule has 0 saturated carbocycles. The molecule has 1 aliphatic rings. The lowest BCUT2D eigenvalue weighted by Gasteiger charge is -2.35. The minimum absolute atomic E-state index is 0.108. The Morgan fingerprint density at radius 3 is 2.52 bits per heavy atom. The van der Waals surface area contributed by atoms with Crippen LogP contribution in [0.1, 0.15) is 12.3 Å². The first-order chi connectivity index (χ1) is 15.0. The molecule has 162 valence electrons. The van der Waals surface area contributed by atoms with Gasteiger partial charge in [0.15, 0.2) is 11.7 Å².